The molecule has 0 radical (unpaired) electrons. The highest BCUT2D eigenvalue weighted by Crippen LogP contribution is 2.16. The summed E-state index contributed by atoms with van der Waals surface area (Å²) in [6, 6.07) is 7.08. The number of nitrogens with two attached hydrogens (primary N) is 1. The SMILES string of the molecule is CCC(C)NC(N)=NCCN1CCN(c2ccc(F)cc2)CC1. The van der Waals surface area contributed by atoms with Crippen molar-refractivity contribution in [1.82, 2.24) is 10.2 Å². The van der Waals surface area contributed by atoms with E-state index in [4.69, 9.17) is 5.73 Å². The Morgan fingerprint density at radius 2 is 1.91 bits per heavy atom. The Bertz CT molecular complexity index is 494. The summed E-state index contributed by atoms with van der Waals surface area (Å²) in [6.07, 6.45) is 1.03. The molecule has 1 atom stereocenters. The molecule has 0 amide bonds. The maximum absolute atomic E-state index is 13.0. The average Bonchev–Trinajstić information content (AvgIpc) is 2.56. The average molecular weight is 321 g/mol. The van der Waals surface area contributed by atoms with E-state index < -0.39 is 0 Å². The minimum Gasteiger partial charge on any atom is -0.370 e. The lowest BCUT2D eigenvalue weighted by molar-refractivity contribution is 0.265. The van der Waals surface area contributed by atoms with Crippen LogP contribution in [0.5, 0.6) is 0 Å². The fourth-order valence-corrected chi connectivity index (χ4v) is 2.59. The quantitative estimate of drug-likeness (QED) is 0.618. The fourth-order valence-electron chi connectivity index (χ4n) is 2.59. The topological polar surface area (TPSA) is 56.9 Å². The zero-order valence-corrected chi connectivity index (χ0v) is 14.1. The minimum absolute atomic E-state index is 0.186. The maximum atomic E-state index is 13.0. The Hall–Kier alpha value is -1.82. The minimum atomic E-state index is -0.186. The third-order valence-electron chi connectivity index (χ3n) is 4.27. The predicted octanol–water partition coefficient (Wildman–Crippen LogP) is 1.65. The van der Waals surface area contributed by atoms with Crippen molar-refractivity contribution in [2.75, 3.05) is 44.2 Å². The van der Waals surface area contributed by atoms with Crippen molar-refractivity contribution < 1.29 is 4.39 Å². The molecule has 2 rings (SSSR count). The molecule has 0 aliphatic carbocycles. The van der Waals surface area contributed by atoms with Crippen LogP contribution in [0.25, 0.3) is 0 Å². The summed E-state index contributed by atoms with van der Waals surface area (Å²) in [5.41, 5.74) is 6.95. The molecule has 1 aliphatic heterocycles. The summed E-state index contributed by atoms with van der Waals surface area (Å²) in [6.45, 7) is 9.73. The van der Waals surface area contributed by atoms with Crippen LogP contribution in [0.2, 0.25) is 0 Å². The van der Waals surface area contributed by atoms with Crippen LogP contribution in [0.3, 0.4) is 0 Å². The lowest BCUT2D eigenvalue weighted by atomic mass is 10.2. The van der Waals surface area contributed by atoms with Gasteiger partial charge in [0.25, 0.3) is 0 Å². The molecule has 6 heteroatoms. The Balaban J connectivity index is 1.70. The third kappa shape index (κ3) is 5.71. The Morgan fingerprint density at radius 3 is 2.52 bits per heavy atom. The van der Waals surface area contributed by atoms with Gasteiger partial charge in [0.1, 0.15) is 5.82 Å². The summed E-state index contributed by atoms with van der Waals surface area (Å²) >= 11 is 0. The largest absolute Gasteiger partial charge is 0.370 e. The number of aliphatic imine (C=N–C) groups is 1. The second kappa shape index (κ2) is 8.72. The number of anilines is 1. The van der Waals surface area contributed by atoms with Crippen molar-refractivity contribution in [2.45, 2.75) is 26.3 Å². The van der Waals surface area contributed by atoms with Crippen LogP contribution in [0.4, 0.5) is 10.1 Å². The number of hydrogen-bond acceptors (Lipinski definition) is 3. The molecule has 0 saturated carbocycles. The van der Waals surface area contributed by atoms with E-state index in [1.807, 2.05) is 12.1 Å². The van der Waals surface area contributed by atoms with E-state index in [1.165, 1.54) is 12.1 Å². The molecule has 5 nitrogen and oxygen atoms in total. The first-order chi connectivity index (χ1) is 11.1. The van der Waals surface area contributed by atoms with Gasteiger partial charge in [-0.2, -0.15) is 0 Å². The third-order valence-corrected chi connectivity index (χ3v) is 4.27. The first-order valence-electron chi connectivity index (χ1n) is 8.37. The first kappa shape index (κ1) is 17.5. The van der Waals surface area contributed by atoms with Gasteiger partial charge in [-0.25, -0.2) is 4.39 Å². The van der Waals surface area contributed by atoms with Gasteiger partial charge in [-0.15, -0.1) is 0 Å². The second-order valence-electron chi connectivity index (χ2n) is 6.03. The molecule has 23 heavy (non-hydrogen) atoms. The highest BCUT2D eigenvalue weighted by molar-refractivity contribution is 5.78. The number of nitrogens with zero attached hydrogens (tertiary/aromatic N) is 3. The molecule has 1 aliphatic rings. The van der Waals surface area contributed by atoms with Gasteiger partial charge in [0, 0.05) is 44.5 Å². The van der Waals surface area contributed by atoms with Crippen LogP contribution < -0.4 is 16.0 Å². The monoisotopic (exact) mass is 321 g/mol. The first-order valence-corrected chi connectivity index (χ1v) is 8.37. The van der Waals surface area contributed by atoms with Gasteiger partial charge in [0.2, 0.25) is 0 Å². The number of guanidine groups is 1. The molecular formula is C17H28FN5. The van der Waals surface area contributed by atoms with Crippen molar-refractivity contribution in [3.05, 3.63) is 30.1 Å². The standard InChI is InChI=1S/C17H28FN5/c1-3-14(2)21-17(19)20-8-9-22-10-12-23(13-11-22)16-6-4-15(18)5-7-16/h4-7,14H,3,8-13H2,1-2H3,(H3,19,20,21). The van der Waals surface area contributed by atoms with Crippen molar-refractivity contribution >= 4 is 11.6 Å². The highest BCUT2D eigenvalue weighted by Gasteiger charge is 2.16. The van der Waals surface area contributed by atoms with E-state index in [-0.39, 0.29) is 5.82 Å². The Morgan fingerprint density at radius 1 is 1.26 bits per heavy atom. The molecule has 0 spiro atoms. The molecule has 3 N–H and O–H groups in total. The van der Waals surface area contributed by atoms with Gasteiger partial charge in [-0.05, 0) is 37.6 Å². The number of hydrogen-bond donors (Lipinski definition) is 2. The number of rotatable bonds is 6. The Labute approximate surface area is 138 Å². The summed E-state index contributed by atoms with van der Waals surface area (Å²) in [5, 5.41) is 3.17. The molecule has 1 fully saturated rings. The normalized spacial score (nSPS) is 18.0. The molecule has 1 saturated heterocycles. The van der Waals surface area contributed by atoms with Gasteiger partial charge in [-0.1, -0.05) is 6.92 Å². The van der Waals surface area contributed by atoms with Crippen LogP contribution in [0.1, 0.15) is 20.3 Å². The van der Waals surface area contributed by atoms with Crippen molar-refractivity contribution in [3.8, 4) is 0 Å². The van der Waals surface area contributed by atoms with Crippen LogP contribution in [-0.4, -0.2) is 56.2 Å². The molecule has 1 heterocycles. The summed E-state index contributed by atoms with van der Waals surface area (Å²) in [4.78, 5) is 9.06. The van der Waals surface area contributed by atoms with E-state index in [1.54, 1.807) is 0 Å². The highest BCUT2D eigenvalue weighted by atomic mass is 19.1. The molecular weight excluding hydrogens is 293 g/mol. The lowest BCUT2D eigenvalue weighted by Gasteiger charge is -2.35. The molecule has 1 aromatic rings. The van der Waals surface area contributed by atoms with Gasteiger partial charge >= 0.3 is 0 Å². The Kier molecular flexibility index (Phi) is 6.65. The molecule has 1 aromatic carbocycles. The van der Waals surface area contributed by atoms with Gasteiger partial charge < -0.3 is 16.0 Å². The smallest absolute Gasteiger partial charge is 0.188 e. The van der Waals surface area contributed by atoms with Gasteiger partial charge in [0.05, 0.1) is 6.54 Å². The molecule has 0 aromatic heterocycles. The number of benzene rings is 1. The van der Waals surface area contributed by atoms with E-state index >= 15 is 0 Å². The maximum Gasteiger partial charge on any atom is 0.188 e. The molecule has 0 bridgehead atoms. The zero-order chi connectivity index (χ0) is 16.7. The van der Waals surface area contributed by atoms with Crippen molar-refractivity contribution in [2.24, 2.45) is 10.7 Å². The van der Waals surface area contributed by atoms with Crippen LogP contribution in [-0.2, 0) is 0 Å². The van der Waals surface area contributed by atoms with E-state index in [9.17, 15) is 4.39 Å². The van der Waals surface area contributed by atoms with Crippen LogP contribution in [0.15, 0.2) is 29.3 Å². The summed E-state index contributed by atoms with van der Waals surface area (Å²) < 4.78 is 13.0. The van der Waals surface area contributed by atoms with Crippen molar-refractivity contribution in [1.29, 1.82) is 0 Å². The number of piperazine rings is 1. The van der Waals surface area contributed by atoms with Crippen LogP contribution in [0, 0.1) is 5.82 Å². The summed E-state index contributed by atoms with van der Waals surface area (Å²) in [5.74, 6) is 0.345. The number of halogens is 1. The van der Waals surface area contributed by atoms with E-state index in [0.717, 1.165) is 44.8 Å². The second-order valence-corrected chi connectivity index (χ2v) is 6.03. The lowest BCUT2D eigenvalue weighted by Crippen LogP contribution is -2.47. The van der Waals surface area contributed by atoms with Crippen LogP contribution >= 0.6 is 0 Å². The van der Waals surface area contributed by atoms with E-state index in [0.29, 0.717) is 18.5 Å². The fraction of sp³-hybridized carbons (Fsp3) is 0.588. The predicted molar refractivity (Wildman–Crippen MR) is 94.4 cm³/mol. The zero-order valence-electron chi connectivity index (χ0n) is 14.1. The molecule has 128 valence electrons. The van der Waals surface area contributed by atoms with E-state index in [2.05, 4.69) is 34.0 Å². The van der Waals surface area contributed by atoms with Crippen molar-refractivity contribution in [3.63, 3.8) is 0 Å². The summed E-state index contributed by atoms with van der Waals surface area (Å²) in [7, 11) is 0. The molecule has 1 unspecified atom stereocenters. The number of nitrogens with one attached hydrogen (secondary N) is 1. The van der Waals surface area contributed by atoms with Gasteiger partial charge in [0.15, 0.2) is 5.96 Å². The van der Waals surface area contributed by atoms with Gasteiger partial charge in [-0.3, -0.25) is 9.89 Å².